The van der Waals surface area contributed by atoms with Crippen molar-refractivity contribution in [2.75, 3.05) is 5.75 Å². The lowest BCUT2D eigenvalue weighted by Gasteiger charge is -2.07. The minimum atomic E-state index is -0.0316. The molecular weight excluding hydrogens is 470 g/mol. The van der Waals surface area contributed by atoms with Crippen molar-refractivity contribution in [2.24, 2.45) is 0 Å². The van der Waals surface area contributed by atoms with E-state index in [-0.39, 0.29) is 5.56 Å². The topological polar surface area (TPSA) is 76.5 Å². The highest BCUT2D eigenvalue weighted by Crippen LogP contribution is 2.35. The number of aryl methyl sites for hydroxylation is 2. The molecule has 1 aliphatic carbocycles. The first kappa shape index (κ1) is 22.2. The third-order valence-electron chi connectivity index (χ3n) is 5.41. The number of nitrogens with one attached hydrogen (secondary N) is 1. The van der Waals surface area contributed by atoms with E-state index in [4.69, 9.17) is 4.98 Å². The van der Waals surface area contributed by atoms with E-state index < -0.39 is 0 Å². The second kappa shape index (κ2) is 10.1. The van der Waals surface area contributed by atoms with E-state index in [0.29, 0.717) is 17.5 Å². The summed E-state index contributed by atoms with van der Waals surface area (Å²) in [7, 11) is 0. The van der Waals surface area contributed by atoms with Gasteiger partial charge in [-0.25, -0.2) is 4.98 Å². The maximum absolute atomic E-state index is 12.7. The number of benzene rings is 1. The summed E-state index contributed by atoms with van der Waals surface area (Å²) in [5.41, 5.74) is 2.35. The molecule has 6 nitrogen and oxygen atoms in total. The number of hydrogen-bond acceptors (Lipinski definition) is 7. The number of rotatable bonds is 9. The molecule has 0 aliphatic heterocycles. The van der Waals surface area contributed by atoms with Gasteiger partial charge in [0.05, 0.1) is 11.1 Å². The van der Waals surface area contributed by atoms with Crippen molar-refractivity contribution < 1.29 is 0 Å². The SMILES string of the molecule is C=CCn1c(CSc2nc3sc4c(c3c(=O)[nH]2)CCC4)nnc1SCC=Cc1ccccc1. The Morgan fingerprint density at radius 1 is 1.18 bits per heavy atom. The van der Waals surface area contributed by atoms with E-state index in [2.05, 4.69) is 50.6 Å². The molecule has 33 heavy (non-hydrogen) atoms. The minimum Gasteiger partial charge on any atom is -0.301 e. The van der Waals surface area contributed by atoms with Gasteiger partial charge in [0.2, 0.25) is 0 Å². The molecule has 0 bridgehead atoms. The molecule has 0 unspecified atom stereocenters. The zero-order chi connectivity index (χ0) is 22.6. The van der Waals surface area contributed by atoms with Gasteiger partial charge in [-0.3, -0.25) is 4.79 Å². The Morgan fingerprint density at radius 2 is 2.06 bits per heavy atom. The highest BCUT2D eigenvalue weighted by atomic mass is 32.2. The van der Waals surface area contributed by atoms with Crippen molar-refractivity contribution in [3.05, 3.63) is 81.2 Å². The summed E-state index contributed by atoms with van der Waals surface area (Å²) >= 11 is 4.78. The normalized spacial score (nSPS) is 13.2. The molecule has 0 amide bonds. The average Bonchev–Trinajstić information content (AvgIpc) is 3.51. The van der Waals surface area contributed by atoms with Gasteiger partial charge in [0.1, 0.15) is 10.7 Å². The van der Waals surface area contributed by atoms with E-state index in [1.54, 1.807) is 23.1 Å². The third-order valence-corrected chi connectivity index (χ3v) is 8.39. The average molecular weight is 494 g/mol. The van der Waals surface area contributed by atoms with Crippen molar-refractivity contribution in [3.8, 4) is 0 Å². The van der Waals surface area contributed by atoms with Crippen molar-refractivity contribution in [3.63, 3.8) is 0 Å². The van der Waals surface area contributed by atoms with Gasteiger partial charge in [0, 0.05) is 17.2 Å². The van der Waals surface area contributed by atoms with Gasteiger partial charge < -0.3 is 9.55 Å². The van der Waals surface area contributed by atoms with Crippen LogP contribution in [0.4, 0.5) is 0 Å². The third kappa shape index (κ3) is 4.85. The quantitative estimate of drug-likeness (QED) is 0.192. The van der Waals surface area contributed by atoms with Crippen LogP contribution in [0.1, 0.15) is 28.2 Å². The highest BCUT2D eigenvalue weighted by Gasteiger charge is 2.21. The van der Waals surface area contributed by atoms with Crippen molar-refractivity contribution >= 4 is 51.2 Å². The van der Waals surface area contributed by atoms with E-state index in [9.17, 15) is 4.79 Å². The monoisotopic (exact) mass is 493 g/mol. The smallest absolute Gasteiger partial charge is 0.260 e. The first-order valence-corrected chi connectivity index (χ1v) is 13.6. The van der Waals surface area contributed by atoms with Crippen molar-refractivity contribution in [1.82, 2.24) is 24.7 Å². The Morgan fingerprint density at radius 3 is 2.91 bits per heavy atom. The Bertz CT molecular complexity index is 1370. The molecule has 0 fully saturated rings. The number of fused-ring (bicyclic) bond motifs is 3. The van der Waals surface area contributed by atoms with Gasteiger partial charge in [0.25, 0.3) is 5.56 Å². The van der Waals surface area contributed by atoms with Crippen molar-refractivity contribution in [2.45, 2.75) is 41.9 Å². The summed E-state index contributed by atoms with van der Waals surface area (Å²) in [6, 6.07) is 10.2. The van der Waals surface area contributed by atoms with Crippen molar-refractivity contribution in [1.29, 1.82) is 0 Å². The molecule has 4 aromatic rings. The number of allylic oxidation sites excluding steroid dienone is 1. The molecule has 0 spiro atoms. The standard InChI is InChI=1S/C24H23N5OS3/c1-2-13-29-19(27-28-24(29)31-14-7-10-16-8-4-3-5-9-16)15-32-23-25-21(30)20-17-11-6-12-18(17)33-22(20)26-23/h2-5,7-10H,1,6,11-15H2,(H,25,26,30). The van der Waals surface area contributed by atoms with Crippen LogP contribution >= 0.6 is 34.9 Å². The zero-order valence-electron chi connectivity index (χ0n) is 18.0. The number of aromatic nitrogens is 5. The second-order valence-corrected chi connectivity index (χ2v) is 10.7. The molecule has 9 heteroatoms. The molecule has 168 valence electrons. The van der Waals surface area contributed by atoms with E-state index in [1.165, 1.54) is 27.8 Å². The van der Waals surface area contributed by atoms with Gasteiger partial charge in [-0.2, -0.15) is 0 Å². The molecule has 1 N–H and O–H groups in total. The fourth-order valence-electron chi connectivity index (χ4n) is 3.90. The lowest BCUT2D eigenvalue weighted by molar-refractivity contribution is 0.700. The molecule has 3 aromatic heterocycles. The number of H-pyrrole nitrogens is 1. The lowest BCUT2D eigenvalue weighted by Crippen LogP contribution is -2.09. The molecular formula is C24H23N5OS3. The summed E-state index contributed by atoms with van der Waals surface area (Å²) in [6.45, 7) is 4.51. The van der Waals surface area contributed by atoms with Crippen LogP contribution in [-0.2, 0) is 25.1 Å². The molecule has 0 saturated heterocycles. The molecule has 0 atom stereocenters. The maximum atomic E-state index is 12.7. The molecule has 0 saturated carbocycles. The summed E-state index contributed by atoms with van der Waals surface area (Å²) in [4.78, 5) is 22.5. The highest BCUT2D eigenvalue weighted by molar-refractivity contribution is 7.99. The van der Waals surface area contributed by atoms with Crippen LogP contribution < -0.4 is 5.56 Å². The molecule has 0 radical (unpaired) electrons. The number of aromatic amines is 1. The van der Waals surface area contributed by atoms with Crippen LogP contribution in [-0.4, -0.2) is 30.5 Å². The number of thioether (sulfide) groups is 2. The first-order chi connectivity index (χ1) is 16.2. The van der Waals surface area contributed by atoms with Gasteiger partial charge >= 0.3 is 0 Å². The Kier molecular flexibility index (Phi) is 6.80. The summed E-state index contributed by atoms with van der Waals surface area (Å²) in [5.74, 6) is 2.21. The van der Waals surface area contributed by atoms with Gasteiger partial charge in [0.15, 0.2) is 10.3 Å². The Balaban J connectivity index is 1.28. The van der Waals surface area contributed by atoms with Gasteiger partial charge in [-0.15, -0.1) is 28.1 Å². The van der Waals surface area contributed by atoms with Gasteiger partial charge in [-0.05, 0) is 30.4 Å². The fraction of sp³-hybridized carbons (Fsp3) is 0.250. The fourth-order valence-corrected chi connectivity index (χ4v) is 6.80. The maximum Gasteiger partial charge on any atom is 0.260 e. The minimum absolute atomic E-state index is 0.0316. The van der Waals surface area contributed by atoms with E-state index in [0.717, 1.165) is 46.2 Å². The van der Waals surface area contributed by atoms with Crippen LogP contribution in [0.2, 0.25) is 0 Å². The summed E-state index contributed by atoms with van der Waals surface area (Å²) in [5, 5.41) is 11.0. The summed E-state index contributed by atoms with van der Waals surface area (Å²) < 4.78 is 2.07. The number of hydrogen-bond donors (Lipinski definition) is 1. The van der Waals surface area contributed by atoms with Crippen LogP contribution in [0.3, 0.4) is 0 Å². The molecule has 1 aliphatic rings. The second-order valence-electron chi connectivity index (χ2n) is 7.62. The molecule has 3 heterocycles. The van der Waals surface area contributed by atoms with Gasteiger partial charge in [-0.1, -0.05) is 72.1 Å². The largest absolute Gasteiger partial charge is 0.301 e. The molecule has 1 aromatic carbocycles. The molecule has 5 rings (SSSR count). The lowest BCUT2D eigenvalue weighted by atomic mass is 10.2. The van der Waals surface area contributed by atoms with Crippen LogP contribution in [0, 0.1) is 0 Å². The number of thiophene rings is 1. The predicted octanol–water partition coefficient (Wildman–Crippen LogP) is 5.35. The summed E-state index contributed by atoms with van der Waals surface area (Å²) in [6.07, 6.45) is 9.26. The Hall–Kier alpha value is -2.62. The Labute approximate surface area is 204 Å². The van der Waals surface area contributed by atoms with Crippen LogP contribution in [0.25, 0.3) is 16.3 Å². The predicted molar refractivity (Wildman–Crippen MR) is 138 cm³/mol. The van der Waals surface area contributed by atoms with Crippen LogP contribution in [0.15, 0.2) is 64.2 Å². The van der Waals surface area contributed by atoms with Crippen LogP contribution in [0.5, 0.6) is 0 Å². The van der Waals surface area contributed by atoms with E-state index in [1.807, 2.05) is 24.3 Å². The number of nitrogens with zero attached hydrogens (tertiary/aromatic N) is 4. The zero-order valence-corrected chi connectivity index (χ0v) is 20.4. The first-order valence-electron chi connectivity index (χ1n) is 10.8. The van der Waals surface area contributed by atoms with E-state index >= 15 is 0 Å².